The van der Waals surface area contributed by atoms with Gasteiger partial charge in [-0.05, 0) is 43.2 Å². The van der Waals surface area contributed by atoms with E-state index in [1.54, 1.807) is 6.07 Å². The van der Waals surface area contributed by atoms with Crippen LogP contribution in [0.2, 0.25) is 0 Å². The Labute approximate surface area is 173 Å². The van der Waals surface area contributed by atoms with E-state index in [-0.39, 0.29) is 41.9 Å². The molecule has 4 rings (SSSR count). The Morgan fingerprint density at radius 1 is 1.23 bits per heavy atom. The Hall–Kier alpha value is -2.98. The predicted molar refractivity (Wildman–Crippen MR) is 107 cm³/mol. The number of amides is 2. The van der Waals surface area contributed by atoms with E-state index in [2.05, 4.69) is 10.6 Å². The number of sulfonamides is 1. The largest absolute Gasteiger partial charge is 0.482 e. The molecule has 1 atom stereocenters. The summed E-state index contributed by atoms with van der Waals surface area (Å²) in [6, 6.07) is 10.1. The number of hydrogen-bond acceptors (Lipinski definition) is 5. The Morgan fingerprint density at radius 2 is 2.03 bits per heavy atom. The number of nitrogens with one attached hydrogen (secondary N) is 2. The van der Waals surface area contributed by atoms with Gasteiger partial charge in [0.1, 0.15) is 11.6 Å². The Balaban J connectivity index is 1.51. The van der Waals surface area contributed by atoms with Crippen LogP contribution < -0.4 is 15.4 Å². The molecule has 1 fully saturated rings. The first-order valence-corrected chi connectivity index (χ1v) is 10.9. The van der Waals surface area contributed by atoms with Crippen molar-refractivity contribution in [3.63, 3.8) is 0 Å². The first-order valence-electron chi connectivity index (χ1n) is 9.47. The van der Waals surface area contributed by atoms with E-state index in [0.717, 1.165) is 0 Å². The molecule has 1 unspecified atom stereocenters. The molecule has 2 heterocycles. The second-order valence-corrected chi connectivity index (χ2v) is 9.10. The summed E-state index contributed by atoms with van der Waals surface area (Å²) >= 11 is 0. The third-order valence-corrected chi connectivity index (χ3v) is 6.97. The maximum absolute atomic E-state index is 13.8. The monoisotopic (exact) mass is 433 g/mol. The summed E-state index contributed by atoms with van der Waals surface area (Å²) in [6.45, 7) is 0.137. The van der Waals surface area contributed by atoms with Crippen LogP contribution in [0.5, 0.6) is 5.75 Å². The van der Waals surface area contributed by atoms with Crippen molar-refractivity contribution >= 4 is 33.2 Å². The number of rotatable bonds is 4. The van der Waals surface area contributed by atoms with E-state index < -0.39 is 27.7 Å². The molecule has 0 bridgehead atoms. The molecule has 30 heavy (non-hydrogen) atoms. The van der Waals surface area contributed by atoms with Gasteiger partial charge in [-0.25, -0.2) is 12.8 Å². The molecule has 1 saturated heterocycles. The second-order valence-electron chi connectivity index (χ2n) is 7.17. The molecule has 2 aromatic carbocycles. The van der Waals surface area contributed by atoms with Crippen molar-refractivity contribution < 1.29 is 27.1 Å². The van der Waals surface area contributed by atoms with E-state index in [0.29, 0.717) is 18.6 Å². The number of fused-ring (bicyclic) bond motifs is 1. The standard InChI is InChI=1S/C20H20FN3O5S/c21-15-5-1-2-6-16(15)23-20(26)13-4-3-9-24(11-13)30(27,28)14-7-8-18-17(10-14)22-19(25)12-29-18/h1-2,5-8,10,13H,3-4,9,11-12H2,(H,22,25)(H,23,26). The van der Waals surface area contributed by atoms with Crippen LogP contribution in [0, 0.1) is 11.7 Å². The predicted octanol–water partition coefficient (Wildman–Crippen LogP) is 2.20. The lowest BCUT2D eigenvalue weighted by Crippen LogP contribution is -2.43. The Morgan fingerprint density at radius 3 is 2.83 bits per heavy atom. The zero-order valence-electron chi connectivity index (χ0n) is 15.9. The highest BCUT2D eigenvalue weighted by atomic mass is 32.2. The highest BCUT2D eigenvalue weighted by Crippen LogP contribution is 2.32. The maximum atomic E-state index is 13.8. The number of carbonyl (C=O) groups excluding carboxylic acids is 2. The number of nitrogens with zero attached hydrogens (tertiary/aromatic N) is 1. The van der Waals surface area contributed by atoms with Gasteiger partial charge in [-0.15, -0.1) is 0 Å². The zero-order chi connectivity index (χ0) is 21.3. The van der Waals surface area contributed by atoms with Crippen molar-refractivity contribution in [1.29, 1.82) is 0 Å². The van der Waals surface area contributed by atoms with Crippen molar-refractivity contribution in [2.75, 3.05) is 30.3 Å². The number of carbonyl (C=O) groups is 2. The van der Waals surface area contributed by atoms with E-state index in [1.165, 1.54) is 40.7 Å². The number of hydrogen-bond donors (Lipinski definition) is 2. The molecule has 0 aliphatic carbocycles. The van der Waals surface area contributed by atoms with Gasteiger partial charge in [0.15, 0.2) is 6.61 Å². The lowest BCUT2D eigenvalue weighted by atomic mass is 9.98. The third kappa shape index (κ3) is 4.01. The third-order valence-electron chi connectivity index (χ3n) is 5.11. The smallest absolute Gasteiger partial charge is 0.262 e. The van der Waals surface area contributed by atoms with Crippen LogP contribution >= 0.6 is 0 Å². The summed E-state index contributed by atoms with van der Waals surface area (Å²) in [5.41, 5.74) is 0.353. The molecule has 10 heteroatoms. The van der Waals surface area contributed by atoms with Crippen LogP contribution in [0.15, 0.2) is 47.4 Å². The average molecular weight is 433 g/mol. The Kier molecular flexibility index (Phi) is 5.44. The number of para-hydroxylation sites is 1. The zero-order valence-corrected chi connectivity index (χ0v) is 16.7. The molecule has 0 spiro atoms. The van der Waals surface area contributed by atoms with Gasteiger partial charge in [0.25, 0.3) is 5.91 Å². The molecule has 2 aliphatic heterocycles. The lowest BCUT2D eigenvalue weighted by Gasteiger charge is -2.31. The van der Waals surface area contributed by atoms with Gasteiger partial charge in [0, 0.05) is 13.1 Å². The van der Waals surface area contributed by atoms with Gasteiger partial charge < -0.3 is 15.4 Å². The normalized spacial score (nSPS) is 19.4. The van der Waals surface area contributed by atoms with E-state index >= 15 is 0 Å². The molecular formula is C20H20FN3O5S. The summed E-state index contributed by atoms with van der Waals surface area (Å²) < 4.78 is 46.5. The summed E-state index contributed by atoms with van der Waals surface area (Å²) in [4.78, 5) is 24.1. The molecule has 0 saturated carbocycles. The van der Waals surface area contributed by atoms with Crippen LogP contribution in [0.4, 0.5) is 15.8 Å². The fraction of sp³-hybridized carbons (Fsp3) is 0.300. The minimum absolute atomic E-state index is 0.00205. The maximum Gasteiger partial charge on any atom is 0.262 e. The molecule has 2 amide bonds. The second kappa shape index (κ2) is 8.04. The minimum atomic E-state index is -3.89. The van der Waals surface area contributed by atoms with Crippen LogP contribution in [-0.2, 0) is 19.6 Å². The van der Waals surface area contributed by atoms with E-state index in [1.807, 2.05) is 0 Å². The molecule has 0 aromatic heterocycles. The van der Waals surface area contributed by atoms with Crippen molar-refractivity contribution in [2.24, 2.45) is 5.92 Å². The number of ether oxygens (including phenoxy) is 1. The minimum Gasteiger partial charge on any atom is -0.482 e. The van der Waals surface area contributed by atoms with Gasteiger partial charge in [0.05, 0.1) is 22.2 Å². The molecule has 2 N–H and O–H groups in total. The first kappa shape index (κ1) is 20.3. The van der Waals surface area contributed by atoms with Gasteiger partial charge >= 0.3 is 0 Å². The summed E-state index contributed by atoms with van der Waals surface area (Å²) in [7, 11) is -3.89. The highest BCUT2D eigenvalue weighted by Gasteiger charge is 2.34. The lowest BCUT2D eigenvalue weighted by molar-refractivity contribution is -0.121. The Bertz CT molecular complexity index is 1110. The van der Waals surface area contributed by atoms with E-state index in [9.17, 15) is 22.4 Å². The van der Waals surface area contributed by atoms with Gasteiger partial charge in [-0.2, -0.15) is 4.31 Å². The van der Waals surface area contributed by atoms with Crippen molar-refractivity contribution in [3.8, 4) is 5.75 Å². The SMILES string of the molecule is O=C1COc2ccc(S(=O)(=O)N3CCCC(C(=O)Nc4ccccc4F)C3)cc2N1. The topological polar surface area (TPSA) is 105 Å². The van der Waals surface area contributed by atoms with Gasteiger partial charge in [0.2, 0.25) is 15.9 Å². The molecular weight excluding hydrogens is 413 g/mol. The average Bonchev–Trinajstić information content (AvgIpc) is 2.75. The quantitative estimate of drug-likeness (QED) is 0.769. The van der Waals surface area contributed by atoms with Crippen LogP contribution in [0.3, 0.4) is 0 Å². The van der Waals surface area contributed by atoms with Gasteiger partial charge in [-0.1, -0.05) is 12.1 Å². The molecule has 0 radical (unpaired) electrons. The summed E-state index contributed by atoms with van der Waals surface area (Å²) in [5.74, 6) is -1.54. The summed E-state index contributed by atoms with van der Waals surface area (Å²) in [6.07, 6.45) is 1.000. The van der Waals surface area contributed by atoms with Crippen LogP contribution in [0.25, 0.3) is 0 Å². The fourth-order valence-corrected chi connectivity index (χ4v) is 5.09. The van der Waals surface area contributed by atoms with Crippen LogP contribution in [-0.4, -0.2) is 44.2 Å². The molecule has 158 valence electrons. The molecule has 2 aromatic rings. The van der Waals surface area contributed by atoms with Crippen LogP contribution in [0.1, 0.15) is 12.8 Å². The first-order chi connectivity index (χ1) is 14.3. The molecule has 8 nitrogen and oxygen atoms in total. The summed E-state index contributed by atoms with van der Waals surface area (Å²) in [5, 5.41) is 5.13. The number of benzene rings is 2. The fourth-order valence-electron chi connectivity index (χ4n) is 3.54. The van der Waals surface area contributed by atoms with Crippen molar-refractivity contribution in [1.82, 2.24) is 4.31 Å². The molecule has 2 aliphatic rings. The van der Waals surface area contributed by atoms with Gasteiger partial charge in [-0.3, -0.25) is 9.59 Å². The highest BCUT2D eigenvalue weighted by molar-refractivity contribution is 7.89. The van der Waals surface area contributed by atoms with E-state index in [4.69, 9.17) is 4.74 Å². The van der Waals surface area contributed by atoms with Crippen molar-refractivity contribution in [2.45, 2.75) is 17.7 Å². The number of piperidine rings is 1. The number of halogens is 1. The number of anilines is 2. The van der Waals surface area contributed by atoms with Crippen molar-refractivity contribution in [3.05, 3.63) is 48.3 Å².